The van der Waals surface area contributed by atoms with E-state index in [1.807, 2.05) is 12.1 Å². The first-order valence-corrected chi connectivity index (χ1v) is 6.65. The maximum Gasteiger partial charge on any atom is 0.165 e. The minimum atomic E-state index is -0.316. The van der Waals surface area contributed by atoms with Crippen LogP contribution in [0.25, 0.3) is 0 Å². The van der Waals surface area contributed by atoms with Gasteiger partial charge in [-0.2, -0.15) is 0 Å². The summed E-state index contributed by atoms with van der Waals surface area (Å²) in [6, 6.07) is 5.36. The van der Waals surface area contributed by atoms with Gasteiger partial charge in [0.2, 0.25) is 0 Å². The van der Waals surface area contributed by atoms with Gasteiger partial charge in [0.05, 0.1) is 7.11 Å². The zero-order valence-corrected chi connectivity index (χ0v) is 11.4. The van der Waals surface area contributed by atoms with E-state index in [0.717, 1.165) is 38.2 Å². The first-order valence-electron chi connectivity index (χ1n) is 6.65. The molecule has 19 heavy (non-hydrogen) atoms. The Morgan fingerprint density at radius 1 is 1.47 bits per heavy atom. The summed E-state index contributed by atoms with van der Waals surface area (Å²) >= 11 is 0. The van der Waals surface area contributed by atoms with E-state index >= 15 is 0 Å². The van der Waals surface area contributed by atoms with Crippen LogP contribution in [-0.2, 0) is 0 Å². The third-order valence-corrected chi connectivity index (χ3v) is 3.54. The van der Waals surface area contributed by atoms with Crippen LogP contribution in [0.3, 0.4) is 0 Å². The Balaban J connectivity index is 2.24. The van der Waals surface area contributed by atoms with Crippen molar-refractivity contribution in [3.8, 4) is 5.75 Å². The smallest absolute Gasteiger partial charge is 0.165 e. The van der Waals surface area contributed by atoms with Crippen LogP contribution in [0.5, 0.6) is 5.75 Å². The van der Waals surface area contributed by atoms with Gasteiger partial charge in [-0.25, -0.2) is 4.39 Å². The third-order valence-electron chi connectivity index (χ3n) is 3.54. The fraction of sp³-hybridized carbons (Fsp3) is 0.467. The molecule has 0 aromatic heterocycles. The highest BCUT2D eigenvalue weighted by atomic mass is 19.1. The molecule has 0 amide bonds. The van der Waals surface area contributed by atoms with Gasteiger partial charge in [-0.15, -0.1) is 6.58 Å². The second kappa shape index (κ2) is 6.68. The highest BCUT2D eigenvalue weighted by Crippen LogP contribution is 2.29. The molecule has 1 aromatic carbocycles. The predicted octanol–water partition coefficient (Wildman–Crippen LogP) is 2.36. The number of nitrogens with zero attached hydrogens (tertiary/aromatic N) is 1. The lowest BCUT2D eigenvalue weighted by atomic mass is 10.0. The van der Waals surface area contributed by atoms with E-state index in [0.29, 0.717) is 5.75 Å². The maximum absolute atomic E-state index is 13.5. The number of rotatable bonds is 5. The standard InChI is InChI=1S/C15H21FN2O/c1-3-4-14(18-9-7-17-8-10-18)12-5-6-13(16)15(11-12)19-2/h3,5-6,11,14,17H,1,4,7-10H2,2H3/t14-/m0/s1. The SMILES string of the molecule is C=CC[C@@H](c1ccc(F)c(OC)c1)N1CCNCC1. The molecule has 0 saturated carbocycles. The number of hydrogen-bond acceptors (Lipinski definition) is 3. The van der Waals surface area contributed by atoms with Crippen LogP contribution in [0.15, 0.2) is 30.9 Å². The minimum absolute atomic E-state index is 0.245. The lowest BCUT2D eigenvalue weighted by Crippen LogP contribution is -2.45. The summed E-state index contributed by atoms with van der Waals surface area (Å²) < 4.78 is 18.6. The Labute approximate surface area is 114 Å². The van der Waals surface area contributed by atoms with Crippen molar-refractivity contribution in [2.24, 2.45) is 0 Å². The molecule has 3 nitrogen and oxygen atoms in total. The third kappa shape index (κ3) is 3.33. The molecule has 0 aliphatic carbocycles. The van der Waals surface area contributed by atoms with E-state index in [4.69, 9.17) is 4.74 Å². The quantitative estimate of drug-likeness (QED) is 0.826. The fourth-order valence-electron chi connectivity index (χ4n) is 2.53. The first-order chi connectivity index (χ1) is 9.26. The van der Waals surface area contributed by atoms with Crippen molar-refractivity contribution in [2.75, 3.05) is 33.3 Å². The van der Waals surface area contributed by atoms with Crippen molar-refractivity contribution in [3.63, 3.8) is 0 Å². The monoisotopic (exact) mass is 264 g/mol. The van der Waals surface area contributed by atoms with E-state index in [1.165, 1.54) is 13.2 Å². The van der Waals surface area contributed by atoms with E-state index in [1.54, 1.807) is 6.07 Å². The average Bonchev–Trinajstić information content (AvgIpc) is 2.46. The molecule has 1 saturated heterocycles. The molecule has 1 aromatic rings. The van der Waals surface area contributed by atoms with Crippen molar-refractivity contribution in [3.05, 3.63) is 42.2 Å². The first kappa shape index (κ1) is 14.0. The molecule has 0 spiro atoms. The molecule has 1 heterocycles. The molecule has 2 rings (SSSR count). The van der Waals surface area contributed by atoms with Crippen LogP contribution in [0, 0.1) is 5.82 Å². The second-order valence-corrected chi connectivity index (χ2v) is 4.72. The van der Waals surface area contributed by atoms with E-state index in [-0.39, 0.29) is 11.9 Å². The van der Waals surface area contributed by atoms with Crippen LogP contribution < -0.4 is 10.1 Å². The van der Waals surface area contributed by atoms with Gasteiger partial charge in [-0.05, 0) is 24.1 Å². The molecule has 1 aliphatic heterocycles. The van der Waals surface area contributed by atoms with Gasteiger partial charge in [-0.3, -0.25) is 4.90 Å². The summed E-state index contributed by atoms with van der Waals surface area (Å²) in [4.78, 5) is 2.41. The van der Waals surface area contributed by atoms with Gasteiger partial charge < -0.3 is 10.1 Å². The van der Waals surface area contributed by atoms with Gasteiger partial charge in [0, 0.05) is 32.2 Å². The van der Waals surface area contributed by atoms with Crippen LogP contribution in [-0.4, -0.2) is 38.2 Å². The topological polar surface area (TPSA) is 24.5 Å². The largest absolute Gasteiger partial charge is 0.494 e. The molecular formula is C15H21FN2O. The molecule has 1 N–H and O–H groups in total. The number of halogens is 1. The van der Waals surface area contributed by atoms with Crippen molar-refractivity contribution in [1.29, 1.82) is 0 Å². The number of ether oxygens (including phenoxy) is 1. The van der Waals surface area contributed by atoms with Crippen molar-refractivity contribution in [2.45, 2.75) is 12.5 Å². The summed E-state index contributed by atoms with van der Waals surface area (Å²) in [7, 11) is 1.50. The summed E-state index contributed by atoms with van der Waals surface area (Å²) in [5.74, 6) is -0.00869. The number of methoxy groups -OCH3 is 1. The highest BCUT2D eigenvalue weighted by Gasteiger charge is 2.22. The summed E-state index contributed by atoms with van der Waals surface area (Å²) in [5.41, 5.74) is 1.08. The number of piperazine rings is 1. The molecule has 4 heteroatoms. The van der Waals surface area contributed by atoms with Crippen molar-refractivity contribution in [1.82, 2.24) is 10.2 Å². The summed E-state index contributed by atoms with van der Waals surface area (Å²) in [6.07, 6.45) is 2.78. The number of nitrogens with one attached hydrogen (secondary N) is 1. The van der Waals surface area contributed by atoms with Crippen LogP contribution >= 0.6 is 0 Å². The minimum Gasteiger partial charge on any atom is -0.494 e. The second-order valence-electron chi connectivity index (χ2n) is 4.72. The Morgan fingerprint density at radius 2 is 2.21 bits per heavy atom. The fourth-order valence-corrected chi connectivity index (χ4v) is 2.53. The average molecular weight is 264 g/mol. The van der Waals surface area contributed by atoms with Crippen molar-refractivity contribution < 1.29 is 9.13 Å². The van der Waals surface area contributed by atoms with Gasteiger partial charge >= 0.3 is 0 Å². The number of benzene rings is 1. The molecule has 104 valence electrons. The Kier molecular flexibility index (Phi) is 4.93. The van der Waals surface area contributed by atoms with Gasteiger partial charge in [0.1, 0.15) is 0 Å². The zero-order valence-electron chi connectivity index (χ0n) is 11.4. The van der Waals surface area contributed by atoms with Gasteiger partial charge in [0.15, 0.2) is 11.6 Å². The normalized spacial score (nSPS) is 18.0. The summed E-state index contributed by atoms with van der Waals surface area (Å²) in [6.45, 7) is 7.81. The predicted molar refractivity (Wildman–Crippen MR) is 74.9 cm³/mol. The highest BCUT2D eigenvalue weighted by molar-refractivity contribution is 5.32. The maximum atomic E-state index is 13.5. The van der Waals surface area contributed by atoms with E-state index in [2.05, 4.69) is 16.8 Å². The number of hydrogen-bond donors (Lipinski definition) is 1. The van der Waals surface area contributed by atoms with Crippen LogP contribution in [0.2, 0.25) is 0 Å². The zero-order chi connectivity index (χ0) is 13.7. The van der Waals surface area contributed by atoms with E-state index in [9.17, 15) is 4.39 Å². The molecule has 1 fully saturated rings. The summed E-state index contributed by atoms with van der Waals surface area (Å²) in [5, 5.41) is 3.34. The Hall–Kier alpha value is -1.39. The molecule has 1 aliphatic rings. The van der Waals surface area contributed by atoms with Gasteiger partial charge in [0.25, 0.3) is 0 Å². The molecular weight excluding hydrogens is 243 g/mol. The molecule has 1 atom stereocenters. The Bertz CT molecular complexity index is 430. The lowest BCUT2D eigenvalue weighted by molar-refractivity contribution is 0.174. The van der Waals surface area contributed by atoms with Crippen LogP contribution in [0.1, 0.15) is 18.0 Å². The van der Waals surface area contributed by atoms with E-state index < -0.39 is 0 Å². The van der Waals surface area contributed by atoms with Crippen molar-refractivity contribution >= 4 is 0 Å². The molecule has 0 unspecified atom stereocenters. The lowest BCUT2D eigenvalue weighted by Gasteiger charge is -2.35. The Morgan fingerprint density at radius 3 is 2.84 bits per heavy atom. The molecule has 0 bridgehead atoms. The van der Waals surface area contributed by atoms with Crippen LogP contribution in [0.4, 0.5) is 4.39 Å². The van der Waals surface area contributed by atoms with Gasteiger partial charge in [-0.1, -0.05) is 12.1 Å². The molecule has 0 radical (unpaired) electrons.